The van der Waals surface area contributed by atoms with Gasteiger partial charge in [-0.15, -0.1) is 0 Å². The highest BCUT2D eigenvalue weighted by Gasteiger charge is 2.32. The molecule has 0 saturated heterocycles. The van der Waals surface area contributed by atoms with E-state index >= 15 is 0 Å². The summed E-state index contributed by atoms with van der Waals surface area (Å²) in [5.74, 6) is -0.0772. The minimum atomic E-state index is -4.53. The van der Waals surface area contributed by atoms with Gasteiger partial charge in [-0.3, -0.25) is 9.78 Å². The maximum Gasteiger partial charge on any atom is 0.433 e. The number of amides is 1. The molecular formula is C15H13F3N2O2. The van der Waals surface area contributed by atoms with Crippen LogP contribution in [0.4, 0.5) is 18.9 Å². The van der Waals surface area contributed by atoms with E-state index in [9.17, 15) is 18.0 Å². The molecule has 0 radical (unpaired) electrons. The summed E-state index contributed by atoms with van der Waals surface area (Å²) in [6, 6.07) is 8.63. The fourth-order valence-electron chi connectivity index (χ4n) is 1.74. The molecule has 0 unspecified atom stereocenters. The molecule has 2 aromatic rings. The second-order valence-corrected chi connectivity index (χ2v) is 4.31. The lowest BCUT2D eigenvalue weighted by Crippen LogP contribution is -2.15. The van der Waals surface area contributed by atoms with E-state index in [-0.39, 0.29) is 5.56 Å². The number of rotatable bonds is 4. The van der Waals surface area contributed by atoms with Crippen LogP contribution in [-0.2, 0) is 6.18 Å². The molecule has 1 amide bonds. The highest BCUT2D eigenvalue weighted by molar-refractivity contribution is 6.04. The summed E-state index contributed by atoms with van der Waals surface area (Å²) >= 11 is 0. The van der Waals surface area contributed by atoms with E-state index in [1.165, 1.54) is 0 Å². The number of hydrogen-bond acceptors (Lipinski definition) is 3. The number of carbonyl (C=O) groups excluding carboxylic acids is 1. The monoisotopic (exact) mass is 310 g/mol. The standard InChI is InChI=1S/C15H13F3N2O2/c1-2-22-12-6-4-3-5-11(12)20-14(21)10-7-8-13(19-9-10)15(16,17)18/h3-9H,2H2,1H3,(H,20,21). The first kappa shape index (κ1) is 15.8. The fraction of sp³-hybridized carbons (Fsp3) is 0.200. The molecule has 1 aromatic carbocycles. The number of para-hydroxylation sites is 2. The summed E-state index contributed by atoms with van der Waals surface area (Å²) in [6.07, 6.45) is -3.64. The van der Waals surface area contributed by atoms with E-state index in [2.05, 4.69) is 10.3 Å². The average molecular weight is 310 g/mol. The van der Waals surface area contributed by atoms with E-state index in [4.69, 9.17) is 4.74 Å². The van der Waals surface area contributed by atoms with E-state index in [0.717, 1.165) is 18.3 Å². The molecule has 22 heavy (non-hydrogen) atoms. The Morgan fingerprint density at radius 1 is 1.23 bits per heavy atom. The van der Waals surface area contributed by atoms with E-state index in [1.807, 2.05) is 0 Å². The third kappa shape index (κ3) is 3.75. The number of halogens is 3. The predicted molar refractivity (Wildman–Crippen MR) is 74.8 cm³/mol. The Bertz CT molecular complexity index is 655. The van der Waals surface area contributed by atoms with Crippen LogP contribution in [0.15, 0.2) is 42.6 Å². The minimum Gasteiger partial charge on any atom is -0.492 e. The first-order valence-corrected chi connectivity index (χ1v) is 6.48. The number of alkyl halides is 3. The Morgan fingerprint density at radius 3 is 2.55 bits per heavy atom. The quantitative estimate of drug-likeness (QED) is 0.935. The van der Waals surface area contributed by atoms with Gasteiger partial charge in [0.2, 0.25) is 0 Å². The van der Waals surface area contributed by atoms with Crippen LogP contribution in [0, 0.1) is 0 Å². The highest BCUT2D eigenvalue weighted by Crippen LogP contribution is 2.28. The predicted octanol–water partition coefficient (Wildman–Crippen LogP) is 3.75. The van der Waals surface area contributed by atoms with Crippen molar-refractivity contribution < 1.29 is 22.7 Å². The molecule has 1 aromatic heterocycles. The van der Waals surface area contributed by atoms with Crippen LogP contribution in [0.5, 0.6) is 5.75 Å². The van der Waals surface area contributed by atoms with Crippen molar-refractivity contribution in [1.29, 1.82) is 0 Å². The molecule has 116 valence electrons. The van der Waals surface area contributed by atoms with Crippen molar-refractivity contribution in [3.63, 3.8) is 0 Å². The Kier molecular flexibility index (Phi) is 4.65. The van der Waals surface area contributed by atoms with Gasteiger partial charge in [0.05, 0.1) is 17.9 Å². The number of hydrogen-bond donors (Lipinski definition) is 1. The van der Waals surface area contributed by atoms with Crippen molar-refractivity contribution in [2.24, 2.45) is 0 Å². The number of nitrogens with zero attached hydrogens (tertiary/aromatic N) is 1. The summed E-state index contributed by atoms with van der Waals surface area (Å²) in [7, 11) is 0. The lowest BCUT2D eigenvalue weighted by molar-refractivity contribution is -0.141. The third-order valence-corrected chi connectivity index (χ3v) is 2.75. The zero-order valence-electron chi connectivity index (χ0n) is 11.6. The van der Waals surface area contributed by atoms with Gasteiger partial charge in [0.15, 0.2) is 0 Å². The van der Waals surface area contributed by atoms with E-state index in [1.54, 1.807) is 31.2 Å². The van der Waals surface area contributed by atoms with Gasteiger partial charge in [-0.1, -0.05) is 12.1 Å². The van der Waals surface area contributed by atoms with Crippen molar-refractivity contribution in [2.75, 3.05) is 11.9 Å². The van der Waals surface area contributed by atoms with Gasteiger partial charge in [0.1, 0.15) is 11.4 Å². The largest absolute Gasteiger partial charge is 0.492 e. The molecule has 4 nitrogen and oxygen atoms in total. The summed E-state index contributed by atoms with van der Waals surface area (Å²) < 4.78 is 42.6. The van der Waals surface area contributed by atoms with Gasteiger partial charge in [-0.05, 0) is 31.2 Å². The van der Waals surface area contributed by atoms with Crippen LogP contribution in [0.3, 0.4) is 0 Å². The number of ether oxygens (including phenoxy) is 1. The van der Waals surface area contributed by atoms with Crippen molar-refractivity contribution in [3.8, 4) is 5.75 Å². The molecule has 0 spiro atoms. The van der Waals surface area contributed by atoms with Crippen LogP contribution in [0.2, 0.25) is 0 Å². The third-order valence-electron chi connectivity index (χ3n) is 2.75. The fourth-order valence-corrected chi connectivity index (χ4v) is 1.74. The van der Waals surface area contributed by atoms with Crippen LogP contribution in [-0.4, -0.2) is 17.5 Å². The number of aromatic nitrogens is 1. The zero-order valence-corrected chi connectivity index (χ0v) is 11.6. The Labute approximate surface area is 124 Å². The van der Waals surface area contributed by atoms with Crippen LogP contribution in [0.25, 0.3) is 0 Å². The van der Waals surface area contributed by atoms with Crippen molar-refractivity contribution in [3.05, 3.63) is 53.9 Å². The Balaban J connectivity index is 2.16. The number of benzene rings is 1. The minimum absolute atomic E-state index is 0.0271. The van der Waals surface area contributed by atoms with Crippen molar-refractivity contribution in [1.82, 2.24) is 4.98 Å². The number of nitrogens with one attached hydrogen (secondary N) is 1. The molecular weight excluding hydrogens is 297 g/mol. The van der Waals surface area contributed by atoms with Crippen molar-refractivity contribution in [2.45, 2.75) is 13.1 Å². The Morgan fingerprint density at radius 2 is 1.95 bits per heavy atom. The SMILES string of the molecule is CCOc1ccccc1NC(=O)c1ccc(C(F)(F)F)nc1. The molecule has 1 N–H and O–H groups in total. The van der Waals surface area contributed by atoms with Gasteiger partial charge < -0.3 is 10.1 Å². The normalized spacial score (nSPS) is 11.1. The van der Waals surface area contributed by atoms with Gasteiger partial charge >= 0.3 is 6.18 Å². The zero-order chi connectivity index (χ0) is 16.2. The van der Waals surface area contributed by atoms with Gasteiger partial charge in [0.25, 0.3) is 5.91 Å². The van der Waals surface area contributed by atoms with Crippen molar-refractivity contribution >= 4 is 11.6 Å². The maximum atomic E-state index is 12.4. The lowest BCUT2D eigenvalue weighted by atomic mass is 10.2. The topological polar surface area (TPSA) is 51.2 Å². The molecule has 0 bridgehead atoms. The molecule has 0 atom stereocenters. The molecule has 7 heteroatoms. The second-order valence-electron chi connectivity index (χ2n) is 4.31. The maximum absolute atomic E-state index is 12.4. The van der Waals surface area contributed by atoms with E-state index in [0.29, 0.717) is 18.0 Å². The molecule has 0 aliphatic carbocycles. The summed E-state index contributed by atoms with van der Waals surface area (Å²) in [6.45, 7) is 2.23. The Hall–Kier alpha value is -2.57. The van der Waals surface area contributed by atoms with Gasteiger partial charge in [-0.25, -0.2) is 0 Å². The van der Waals surface area contributed by atoms with Crippen LogP contribution < -0.4 is 10.1 Å². The molecule has 2 rings (SSSR count). The smallest absolute Gasteiger partial charge is 0.433 e. The number of pyridine rings is 1. The van der Waals surface area contributed by atoms with Gasteiger partial charge in [0, 0.05) is 6.20 Å². The van der Waals surface area contributed by atoms with Gasteiger partial charge in [-0.2, -0.15) is 13.2 Å². The first-order chi connectivity index (χ1) is 10.4. The van der Waals surface area contributed by atoms with E-state index < -0.39 is 17.8 Å². The number of carbonyl (C=O) groups is 1. The molecule has 0 fully saturated rings. The molecule has 0 aliphatic heterocycles. The molecule has 1 heterocycles. The average Bonchev–Trinajstić information content (AvgIpc) is 2.49. The van der Waals surface area contributed by atoms with Crippen LogP contribution >= 0.6 is 0 Å². The molecule has 0 aliphatic rings. The number of anilines is 1. The first-order valence-electron chi connectivity index (χ1n) is 6.48. The highest BCUT2D eigenvalue weighted by atomic mass is 19.4. The summed E-state index contributed by atoms with van der Waals surface area (Å²) in [5, 5.41) is 2.58. The van der Waals surface area contributed by atoms with Crippen LogP contribution in [0.1, 0.15) is 23.0 Å². The summed E-state index contributed by atoms with van der Waals surface area (Å²) in [4.78, 5) is 15.3. The summed E-state index contributed by atoms with van der Waals surface area (Å²) in [5.41, 5.74) is -0.577. The molecule has 0 saturated carbocycles. The lowest BCUT2D eigenvalue weighted by Gasteiger charge is -2.11. The second kappa shape index (κ2) is 6.46.